The van der Waals surface area contributed by atoms with Gasteiger partial charge < -0.3 is 19.8 Å². The van der Waals surface area contributed by atoms with E-state index in [2.05, 4.69) is 15.4 Å². The zero-order valence-electron chi connectivity index (χ0n) is 14.2. The maximum absolute atomic E-state index is 14.0. The van der Waals surface area contributed by atoms with E-state index in [0.29, 0.717) is 5.76 Å². The molecule has 2 N–H and O–H groups in total. The molecule has 134 valence electrons. The summed E-state index contributed by atoms with van der Waals surface area (Å²) in [6.07, 6.45) is 1.56. The first-order chi connectivity index (χ1) is 11.9. The minimum atomic E-state index is -0.728. The number of carbonyl (C=O) groups excluding carboxylic acids is 2. The molecule has 2 amide bonds. The fourth-order valence-corrected chi connectivity index (χ4v) is 2.24. The first kappa shape index (κ1) is 18.5. The normalized spacial score (nSPS) is 11.9. The molecule has 0 saturated heterocycles. The number of benzene rings is 1. The zero-order valence-corrected chi connectivity index (χ0v) is 14.2. The Morgan fingerprint density at radius 1 is 1.32 bits per heavy atom. The molecule has 0 aliphatic carbocycles. The minimum absolute atomic E-state index is 0.0374. The third-order valence-electron chi connectivity index (χ3n) is 3.59. The highest BCUT2D eigenvalue weighted by molar-refractivity contribution is 5.92. The molecule has 7 nitrogen and oxygen atoms in total. The number of amides is 2. The van der Waals surface area contributed by atoms with Gasteiger partial charge >= 0.3 is 12.0 Å². The molecule has 8 heteroatoms. The van der Waals surface area contributed by atoms with Crippen LogP contribution in [0.3, 0.4) is 0 Å². The summed E-state index contributed by atoms with van der Waals surface area (Å²) in [6.45, 7) is 0.272. The van der Waals surface area contributed by atoms with Crippen molar-refractivity contribution in [3.8, 4) is 0 Å². The number of hydrogen-bond acceptors (Lipinski definition) is 5. The fourth-order valence-electron chi connectivity index (χ4n) is 2.24. The highest BCUT2D eigenvalue weighted by atomic mass is 19.1. The Morgan fingerprint density at radius 3 is 2.64 bits per heavy atom. The summed E-state index contributed by atoms with van der Waals surface area (Å²) >= 11 is 0. The van der Waals surface area contributed by atoms with Crippen molar-refractivity contribution in [2.45, 2.75) is 6.04 Å². The molecule has 1 aromatic carbocycles. The molecule has 25 heavy (non-hydrogen) atoms. The van der Waals surface area contributed by atoms with Crippen molar-refractivity contribution in [3.63, 3.8) is 0 Å². The first-order valence-corrected chi connectivity index (χ1v) is 7.55. The lowest BCUT2D eigenvalue weighted by atomic mass is 10.2. The lowest BCUT2D eigenvalue weighted by Crippen LogP contribution is -2.36. The summed E-state index contributed by atoms with van der Waals surface area (Å²) in [5.74, 6) is -0.672. The van der Waals surface area contributed by atoms with Crippen molar-refractivity contribution in [1.29, 1.82) is 0 Å². The minimum Gasteiger partial charge on any atom is -0.468 e. The van der Waals surface area contributed by atoms with E-state index in [9.17, 15) is 14.0 Å². The molecule has 1 heterocycles. The molecule has 0 fully saturated rings. The Labute approximate surface area is 144 Å². The number of furan rings is 1. The van der Waals surface area contributed by atoms with Crippen LogP contribution in [0, 0.1) is 5.82 Å². The van der Waals surface area contributed by atoms with E-state index in [0.717, 1.165) is 6.07 Å². The van der Waals surface area contributed by atoms with E-state index in [-0.39, 0.29) is 23.8 Å². The van der Waals surface area contributed by atoms with Crippen LogP contribution in [0.25, 0.3) is 0 Å². The second kappa shape index (κ2) is 8.29. The number of halogens is 1. The Hall–Kier alpha value is -2.87. The summed E-state index contributed by atoms with van der Waals surface area (Å²) in [5, 5.41) is 5.07. The summed E-state index contributed by atoms with van der Waals surface area (Å²) in [7, 11) is 4.93. The summed E-state index contributed by atoms with van der Waals surface area (Å²) < 4.78 is 23.9. The topological polar surface area (TPSA) is 83.8 Å². The summed E-state index contributed by atoms with van der Waals surface area (Å²) in [6, 6.07) is 6.54. The van der Waals surface area contributed by atoms with Crippen LogP contribution in [-0.2, 0) is 4.74 Å². The van der Waals surface area contributed by atoms with Crippen LogP contribution in [-0.4, -0.2) is 44.7 Å². The third kappa shape index (κ3) is 4.80. The van der Waals surface area contributed by atoms with E-state index in [1.54, 1.807) is 12.3 Å². The van der Waals surface area contributed by atoms with Crippen LogP contribution in [0.5, 0.6) is 0 Å². The van der Waals surface area contributed by atoms with Crippen molar-refractivity contribution in [2.24, 2.45) is 0 Å². The van der Waals surface area contributed by atoms with E-state index < -0.39 is 17.8 Å². The van der Waals surface area contributed by atoms with E-state index in [4.69, 9.17) is 4.42 Å². The van der Waals surface area contributed by atoms with Gasteiger partial charge in [-0.05, 0) is 44.4 Å². The molecule has 1 aromatic heterocycles. The van der Waals surface area contributed by atoms with Crippen LogP contribution < -0.4 is 10.6 Å². The van der Waals surface area contributed by atoms with Gasteiger partial charge in [0.2, 0.25) is 0 Å². The average molecular weight is 349 g/mol. The molecule has 0 spiro atoms. The van der Waals surface area contributed by atoms with Crippen LogP contribution in [0.4, 0.5) is 14.9 Å². The van der Waals surface area contributed by atoms with Crippen LogP contribution >= 0.6 is 0 Å². The van der Waals surface area contributed by atoms with Crippen molar-refractivity contribution >= 4 is 17.7 Å². The lowest BCUT2D eigenvalue weighted by molar-refractivity contribution is 0.0600. The Morgan fingerprint density at radius 2 is 2.08 bits per heavy atom. The van der Waals surface area contributed by atoms with E-state index in [1.165, 1.54) is 19.2 Å². The number of hydrogen-bond donors (Lipinski definition) is 2. The van der Waals surface area contributed by atoms with Gasteiger partial charge in [-0.15, -0.1) is 0 Å². The Balaban J connectivity index is 1.97. The molecule has 0 aliphatic rings. The van der Waals surface area contributed by atoms with Crippen molar-refractivity contribution in [1.82, 2.24) is 10.2 Å². The number of urea groups is 1. The van der Waals surface area contributed by atoms with Gasteiger partial charge in [-0.2, -0.15) is 0 Å². The number of nitrogens with one attached hydrogen (secondary N) is 2. The number of anilines is 1. The van der Waals surface area contributed by atoms with Gasteiger partial charge in [-0.1, -0.05) is 0 Å². The highest BCUT2D eigenvalue weighted by Gasteiger charge is 2.18. The molecule has 0 aliphatic heterocycles. The van der Waals surface area contributed by atoms with Crippen LogP contribution in [0.15, 0.2) is 41.0 Å². The average Bonchev–Trinajstić information content (AvgIpc) is 3.10. The van der Waals surface area contributed by atoms with E-state index in [1.807, 2.05) is 25.1 Å². The largest absolute Gasteiger partial charge is 0.468 e. The standard InChI is InChI=1S/C17H20FN3O4/c1-21(2)14(15-5-4-8-25-15)10-19-17(23)20-13-7-6-11(9-12(13)18)16(22)24-3/h4-9,14H,10H2,1-3H3,(H2,19,20,23)/t14-/m0/s1. The van der Waals surface area contributed by atoms with Gasteiger partial charge in [0.05, 0.1) is 30.7 Å². The van der Waals surface area contributed by atoms with Crippen molar-refractivity contribution < 1.29 is 23.1 Å². The van der Waals surface area contributed by atoms with Gasteiger partial charge in [0.1, 0.15) is 11.6 Å². The maximum Gasteiger partial charge on any atom is 0.337 e. The highest BCUT2D eigenvalue weighted by Crippen LogP contribution is 2.18. The van der Waals surface area contributed by atoms with Crippen molar-refractivity contribution in [2.75, 3.05) is 33.1 Å². The quantitative estimate of drug-likeness (QED) is 0.783. The molecule has 0 unspecified atom stereocenters. The molecule has 0 bridgehead atoms. The molecule has 2 aromatic rings. The van der Waals surface area contributed by atoms with Gasteiger partial charge in [0.25, 0.3) is 0 Å². The Bertz CT molecular complexity index is 731. The second-order valence-electron chi connectivity index (χ2n) is 5.52. The maximum atomic E-state index is 14.0. The number of methoxy groups -OCH3 is 1. The van der Waals surface area contributed by atoms with Crippen LogP contribution in [0.1, 0.15) is 22.2 Å². The molecule has 1 atom stereocenters. The summed E-state index contributed by atoms with van der Waals surface area (Å²) in [4.78, 5) is 25.3. The zero-order chi connectivity index (χ0) is 18.4. The number of likely N-dealkylation sites (N-methyl/N-ethyl adjacent to an activating group) is 1. The predicted molar refractivity (Wildman–Crippen MR) is 89.9 cm³/mol. The molecular formula is C17H20FN3O4. The molecule has 0 saturated carbocycles. The second-order valence-corrected chi connectivity index (χ2v) is 5.52. The lowest BCUT2D eigenvalue weighted by Gasteiger charge is -2.22. The van der Waals surface area contributed by atoms with Gasteiger partial charge in [-0.25, -0.2) is 14.0 Å². The Kier molecular flexibility index (Phi) is 6.13. The third-order valence-corrected chi connectivity index (χ3v) is 3.59. The summed E-state index contributed by atoms with van der Waals surface area (Å²) in [5.41, 5.74) is 0.0287. The molecule has 2 rings (SSSR count). The van der Waals surface area contributed by atoms with E-state index >= 15 is 0 Å². The monoisotopic (exact) mass is 349 g/mol. The number of carbonyl (C=O) groups is 2. The predicted octanol–water partition coefficient (Wildman–Crippen LogP) is 2.63. The van der Waals surface area contributed by atoms with Crippen molar-refractivity contribution in [3.05, 3.63) is 53.7 Å². The molecular weight excluding hydrogens is 329 g/mol. The number of nitrogens with zero attached hydrogens (tertiary/aromatic N) is 1. The first-order valence-electron chi connectivity index (χ1n) is 7.55. The number of ether oxygens (including phenoxy) is 1. The smallest absolute Gasteiger partial charge is 0.337 e. The van der Waals surface area contributed by atoms with Gasteiger partial charge in [0, 0.05) is 6.54 Å². The van der Waals surface area contributed by atoms with Gasteiger partial charge in [0.15, 0.2) is 0 Å². The fraction of sp³-hybridized carbons (Fsp3) is 0.294. The number of rotatable bonds is 6. The van der Waals surface area contributed by atoms with Crippen LogP contribution in [0.2, 0.25) is 0 Å². The number of esters is 1. The SMILES string of the molecule is COC(=O)c1ccc(NC(=O)NC[C@@H](c2ccco2)N(C)C)c(F)c1. The van der Waals surface area contributed by atoms with Gasteiger partial charge in [-0.3, -0.25) is 4.90 Å². The molecule has 0 radical (unpaired) electrons.